The van der Waals surface area contributed by atoms with E-state index < -0.39 is 0 Å². The topological polar surface area (TPSA) is 58.6 Å². The van der Waals surface area contributed by atoms with Crippen molar-refractivity contribution in [1.29, 1.82) is 0 Å². The maximum Gasteiger partial charge on any atom is 0.253 e. The van der Waals surface area contributed by atoms with Crippen molar-refractivity contribution in [1.82, 2.24) is 4.90 Å². The number of hydrogen-bond acceptors (Lipinski definition) is 3. The van der Waals surface area contributed by atoms with Gasteiger partial charge in [-0.1, -0.05) is 12.2 Å². The van der Waals surface area contributed by atoms with Crippen LogP contribution in [0.3, 0.4) is 0 Å². The number of ether oxygens (including phenoxy) is 1. The first-order chi connectivity index (χ1) is 11.0. The van der Waals surface area contributed by atoms with E-state index in [1.165, 1.54) is 12.0 Å². The number of benzene rings is 1. The number of rotatable bonds is 4. The van der Waals surface area contributed by atoms with Gasteiger partial charge >= 0.3 is 0 Å². The summed E-state index contributed by atoms with van der Waals surface area (Å²) in [6, 6.07) is 5.11. The van der Waals surface area contributed by atoms with Gasteiger partial charge in [-0.15, -0.1) is 0 Å². The Morgan fingerprint density at radius 1 is 1.22 bits per heavy atom. The van der Waals surface area contributed by atoms with Gasteiger partial charge in [-0.2, -0.15) is 0 Å². The molecule has 0 aromatic heterocycles. The Morgan fingerprint density at radius 2 is 2.00 bits per heavy atom. The van der Waals surface area contributed by atoms with Crippen LogP contribution in [0.15, 0.2) is 30.4 Å². The summed E-state index contributed by atoms with van der Waals surface area (Å²) in [5.41, 5.74) is 1.15. The van der Waals surface area contributed by atoms with E-state index in [-0.39, 0.29) is 17.7 Å². The fourth-order valence-electron chi connectivity index (χ4n) is 3.49. The second-order valence-corrected chi connectivity index (χ2v) is 6.49. The minimum Gasteiger partial charge on any atom is -0.495 e. The summed E-state index contributed by atoms with van der Waals surface area (Å²) in [6.07, 6.45) is 6.39. The zero-order valence-corrected chi connectivity index (χ0v) is 13.7. The molecule has 2 bridgehead atoms. The molecular formula is C18H22N2O3. The summed E-state index contributed by atoms with van der Waals surface area (Å²) in [7, 11) is 4.94. The molecule has 23 heavy (non-hydrogen) atoms. The third-order valence-electron chi connectivity index (χ3n) is 4.73. The molecule has 0 saturated heterocycles. The van der Waals surface area contributed by atoms with Crippen molar-refractivity contribution in [2.24, 2.45) is 17.8 Å². The number of allylic oxidation sites excluding steroid dienone is 2. The summed E-state index contributed by atoms with van der Waals surface area (Å²) in [5, 5.41) is 2.96. The highest BCUT2D eigenvalue weighted by atomic mass is 16.5. The Hall–Kier alpha value is -2.30. The molecule has 1 fully saturated rings. The predicted molar refractivity (Wildman–Crippen MR) is 88.5 cm³/mol. The maximum absolute atomic E-state index is 12.5. The van der Waals surface area contributed by atoms with Crippen LogP contribution >= 0.6 is 0 Å². The summed E-state index contributed by atoms with van der Waals surface area (Å²) >= 11 is 0. The van der Waals surface area contributed by atoms with Crippen molar-refractivity contribution in [3.8, 4) is 5.75 Å². The van der Waals surface area contributed by atoms with Crippen molar-refractivity contribution in [3.05, 3.63) is 35.9 Å². The van der Waals surface area contributed by atoms with Crippen LogP contribution in [0.4, 0.5) is 5.69 Å². The number of amides is 2. The molecule has 2 amide bonds. The van der Waals surface area contributed by atoms with Crippen molar-refractivity contribution in [2.75, 3.05) is 26.5 Å². The number of anilines is 1. The quantitative estimate of drug-likeness (QED) is 0.869. The molecule has 122 valence electrons. The van der Waals surface area contributed by atoms with Crippen LogP contribution in [-0.2, 0) is 4.79 Å². The highest BCUT2D eigenvalue weighted by Crippen LogP contribution is 2.44. The van der Waals surface area contributed by atoms with Crippen molar-refractivity contribution in [3.63, 3.8) is 0 Å². The Bertz CT molecular complexity index is 666. The van der Waals surface area contributed by atoms with E-state index in [4.69, 9.17) is 4.74 Å². The van der Waals surface area contributed by atoms with Crippen LogP contribution < -0.4 is 10.1 Å². The lowest BCUT2D eigenvalue weighted by Crippen LogP contribution is -2.26. The van der Waals surface area contributed by atoms with E-state index in [0.717, 1.165) is 12.8 Å². The smallest absolute Gasteiger partial charge is 0.253 e. The van der Waals surface area contributed by atoms with Gasteiger partial charge in [0.05, 0.1) is 12.8 Å². The fourth-order valence-corrected chi connectivity index (χ4v) is 3.49. The van der Waals surface area contributed by atoms with Gasteiger partial charge in [0.1, 0.15) is 5.75 Å². The van der Waals surface area contributed by atoms with E-state index in [9.17, 15) is 9.59 Å². The molecule has 3 rings (SSSR count). The molecule has 0 radical (unpaired) electrons. The first-order valence-electron chi connectivity index (χ1n) is 7.88. The molecular weight excluding hydrogens is 292 g/mol. The number of fused-ring (bicyclic) bond motifs is 2. The van der Waals surface area contributed by atoms with Crippen LogP contribution in [0, 0.1) is 17.8 Å². The molecule has 5 nitrogen and oxygen atoms in total. The second kappa shape index (κ2) is 6.07. The van der Waals surface area contributed by atoms with Crippen LogP contribution in [0.2, 0.25) is 0 Å². The van der Waals surface area contributed by atoms with Gasteiger partial charge in [0.2, 0.25) is 5.91 Å². The average molecular weight is 314 g/mol. The molecule has 3 atom stereocenters. The summed E-state index contributed by atoms with van der Waals surface area (Å²) in [5.74, 6) is 1.40. The monoisotopic (exact) mass is 314 g/mol. The van der Waals surface area contributed by atoms with Gasteiger partial charge in [0, 0.05) is 25.6 Å². The summed E-state index contributed by atoms with van der Waals surface area (Å²) < 4.78 is 5.34. The maximum atomic E-state index is 12.5. The normalized spacial score (nSPS) is 24.6. The Kier molecular flexibility index (Phi) is 4.11. The molecule has 1 saturated carbocycles. The Morgan fingerprint density at radius 3 is 2.57 bits per heavy atom. The van der Waals surface area contributed by atoms with Gasteiger partial charge in [-0.3, -0.25) is 9.59 Å². The fraction of sp³-hybridized carbons (Fsp3) is 0.444. The lowest BCUT2D eigenvalue weighted by molar-refractivity contribution is -0.120. The van der Waals surface area contributed by atoms with E-state index >= 15 is 0 Å². The van der Waals surface area contributed by atoms with Crippen molar-refractivity contribution >= 4 is 17.5 Å². The Balaban J connectivity index is 1.76. The van der Waals surface area contributed by atoms with Gasteiger partial charge in [0.25, 0.3) is 5.91 Å². The molecule has 2 aliphatic rings. The van der Waals surface area contributed by atoms with Gasteiger partial charge < -0.3 is 15.0 Å². The average Bonchev–Trinajstić information content (AvgIpc) is 3.17. The molecule has 5 heteroatoms. The second-order valence-electron chi connectivity index (χ2n) is 6.49. The standard InChI is InChI=1S/C18H22N2O3/c1-20(2)18(22)13-6-7-15(16(10-13)23-3)19-17(21)14-9-11-4-5-12(14)8-11/h4-7,10-12,14H,8-9H2,1-3H3,(H,19,21). The van der Waals surface area contributed by atoms with Crippen molar-refractivity contribution in [2.45, 2.75) is 12.8 Å². The van der Waals surface area contributed by atoms with E-state index in [1.807, 2.05) is 0 Å². The minimum absolute atomic E-state index is 0.0341. The molecule has 2 aliphatic carbocycles. The number of methoxy groups -OCH3 is 1. The van der Waals surface area contributed by atoms with Crippen molar-refractivity contribution < 1.29 is 14.3 Å². The highest BCUT2D eigenvalue weighted by Gasteiger charge is 2.39. The summed E-state index contributed by atoms with van der Waals surface area (Å²) in [4.78, 5) is 26.0. The van der Waals surface area contributed by atoms with E-state index in [0.29, 0.717) is 28.8 Å². The third-order valence-corrected chi connectivity index (χ3v) is 4.73. The SMILES string of the molecule is COc1cc(C(=O)N(C)C)ccc1NC(=O)C1CC2C=CC1C2. The summed E-state index contributed by atoms with van der Waals surface area (Å²) in [6.45, 7) is 0. The number of carbonyl (C=O) groups is 2. The zero-order chi connectivity index (χ0) is 16.6. The zero-order valence-electron chi connectivity index (χ0n) is 13.7. The highest BCUT2D eigenvalue weighted by molar-refractivity contribution is 5.98. The number of nitrogens with zero attached hydrogens (tertiary/aromatic N) is 1. The number of hydrogen-bond donors (Lipinski definition) is 1. The molecule has 1 aromatic carbocycles. The van der Waals surface area contributed by atoms with Gasteiger partial charge in [-0.05, 0) is 42.9 Å². The third kappa shape index (κ3) is 2.96. The molecule has 1 aromatic rings. The van der Waals surface area contributed by atoms with Crippen LogP contribution in [0.5, 0.6) is 5.75 Å². The molecule has 0 spiro atoms. The number of nitrogens with one attached hydrogen (secondary N) is 1. The van der Waals surface area contributed by atoms with E-state index in [1.54, 1.807) is 32.3 Å². The van der Waals surface area contributed by atoms with Crippen LogP contribution in [0.25, 0.3) is 0 Å². The van der Waals surface area contributed by atoms with Gasteiger partial charge in [-0.25, -0.2) is 0 Å². The largest absolute Gasteiger partial charge is 0.495 e. The predicted octanol–water partition coefficient (Wildman–Crippen LogP) is 2.55. The van der Waals surface area contributed by atoms with Gasteiger partial charge in [0.15, 0.2) is 0 Å². The Labute approximate surface area is 136 Å². The molecule has 0 aliphatic heterocycles. The lowest BCUT2D eigenvalue weighted by Gasteiger charge is -2.19. The minimum atomic E-state index is -0.0978. The molecule has 1 N–H and O–H groups in total. The van der Waals surface area contributed by atoms with E-state index in [2.05, 4.69) is 17.5 Å². The molecule has 3 unspecified atom stereocenters. The lowest BCUT2D eigenvalue weighted by atomic mass is 9.92. The van der Waals surface area contributed by atoms with Crippen LogP contribution in [0.1, 0.15) is 23.2 Å². The first-order valence-corrected chi connectivity index (χ1v) is 7.88. The van der Waals surface area contributed by atoms with Crippen LogP contribution in [-0.4, -0.2) is 37.9 Å². The number of carbonyl (C=O) groups excluding carboxylic acids is 2. The molecule has 0 heterocycles. The first kappa shape index (κ1) is 15.6.